The first-order valence-corrected chi connectivity index (χ1v) is 17.9. The van der Waals surface area contributed by atoms with Gasteiger partial charge in [0.2, 0.25) is 0 Å². The number of allylic oxidation sites excluding steroid dienone is 9. The van der Waals surface area contributed by atoms with Crippen molar-refractivity contribution in [3.05, 3.63) is 112 Å². The van der Waals surface area contributed by atoms with Gasteiger partial charge in [-0.25, -0.2) is 0 Å². The first-order chi connectivity index (χ1) is 15.3. The predicted octanol–water partition coefficient (Wildman–Crippen LogP) is 9.92. The van der Waals surface area contributed by atoms with E-state index in [1.807, 2.05) is 0 Å². The Kier molecular flexibility index (Phi) is 15.6. The monoisotopic (exact) mass is 560 g/mol. The molecule has 0 radical (unpaired) electrons. The molecule has 5 rings (SSSR count). The van der Waals surface area contributed by atoms with Crippen LogP contribution in [0.1, 0.15) is 50.0 Å². The molecule has 0 saturated heterocycles. The molecule has 2 fully saturated rings. The molecule has 0 aromatic heterocycles. The summed E-state index contributed by atoms with van der Waals surface area (Å²) in [5.74, 6) is 4.96. The van der Waals surface area contributed by atoms with Crippen LogP contribution >= 0.6 is 17.0 Å². The Morgan fingerprint density at radius 2 is 1.36 bits per heavy atom. The summed E-state index contributed by atoms with van der Waals surface area (Å²) in [4.78, 5) is 0. The van der Waals surface area contributed by atoms with Crippen LogP contribution in [0, 0.1) is 44.4 Å². The van der Waals surface area contributed by atoms with Gasteiger partial charge in [-0.3, -0.25) is 0 Å². The van der Waals surface area contributed by atoms with Gasteiger partial charge in [-0.2, -0.15) is 0 Å². The number of hydrogen-bond donors (Lipinski definition) is 0. The summed E-state index contributed by atoms with van der Waals surface area (Å²) < 4.78 is 0. The Morgan fingerprint density at radius 1 is 0.818 bits per heavy atom. The third-order valence-electron chi connectivity index (χ3n) is 7.22. The molecule has 0 spiro atoms. The molecule has 5 unspecified atom stereocenters. The third kappa shape index (κ3) is 9.16. The third-order valence-corrected chi connectivity index (χ3v) is 7.22. The van der Waals surface area contributed by atoms with E-state index in [9.17, 15) is 0 Å². The molecule has 4 aliphatic rings. The molecule has 33 heavy (non-hydrogen) atoms. The van der Waals surface area contributed by atoms with Crippen LogP contribution in [0.4, 0.5) is 0 Å². The fourth-order valence-electron chi connectivity index (χ4n) is 5.69. The molecule has 2 saturated carbocycles. The van der Waals surface area contributed by atoms with Crippen LogP contribution < -0.4 is 0 Å². The van der Waals surface area contributed by atoms with E-state index >= 15 is 0 Å². The molecule has 5 atom stereocenters. The Bertz CT molecular complexity index is 760. The molecule has 1 aromatic carbocycles. The standard InChI is InChI=1S/C15H16.C13H18.2CH3.2ClH.Zr/c1-2-6-12(7-3-1)15-10-13-8-4-5-9-14(13)11-15;1-2-3-6-11-9-10-12-7-4-5-8-13(11)12;;;;;/h1-9,13-15H,10-11H2;2,4-5,7-8,11-13H,1,3,6,9-10H2;2*1H3;2*1H;/q;;2*-1;;;+4/p-2. The van der Waals surface area contributed by atoms with Crippen LogP contribution in [0.15, 0.2) is 91.6 Å². The number of hydrogen-bond acceptors (Lipinski definition) is 0. The minimum atomic E-state index is -0.826. The van der Waals surface area contributed by atoms with E-state index in [0.717, 1.165) is 35.5 Å². The van der Waals surface area contributed by atoms with Crippen molar-refractivity contribution in [2.24, 2.45) is 29.6 Å². The van der Waals surface area contributed by atoms with Gasteiger partial charge in [0.1, 0.15) is 0 Å². The van der Waals surface area contributed by atoms with Gasteiger partial charge >= 0.3 is 37.9 Å². The summed E-state index contributed by atoms with van der Waals surface area (Å²) >= 11 is -0.826. The van der Waals surface area contributed by atoms with Gasteiger partial charge in [0.05, 0.1) is 0 Å². The average molecular weight is 563 g/mol. The summed E-state index contributed by atoms with van der Waals surface area (Å²) in [5, 5.41) is 0. The molecule has 0 bridgehead atoms. The van der Waals surface area contributed by atoms with Crippen molar-refractivity contribution in [1.29, 1.82) is 0 Å². The molecule has 0 aliphatic heterocycles. The average Bonchev–Trinajstić information content (AvgIpc) is 3.44. The summed E-state index contributed by atoms with van der Waals surface area (Å²) in [6, 6.07) is 11.0. The molecule has 3 heteroatoms. The molecular formula is C30H40Cl2Zr. The van der Waals surface area contributed by atoms with Crippen molar-refractivity contribution in [1.82, 2.24) is 0 Å². The van der Waals surface area contributed by atoms with E-state index < -0.39 is 20.8 Å². The Hall–Kier alpha value is -0.617. The number of rotatable bonds is 4. The van der Waals surface area contributed by atoms with Crippen LogP contribution in [0.2, 0.25) is 0 Å². The topological polar surface area (TPSA) is 0 Å². The second-order valence-electron chi connectivity index (χ2n) is 8.96. The van der Waals surface area contributed by atoms with Crippen molar-refractivity contribution in [2.45, 2.75) is 44.4 Å². The molecule has 0 N–H and O–H groups in total. The fraction of sp³-hybridized carbons (Fsp3) is 0.400. The normalized spacial score (nSPS) is 29.5. The molecule has 0 amide bonds. The maximum absolute atomic E-state index is 4.93. The predicted molar refractivity (Wildman–Crippen MR) is 146 cm³/mol. The van der Waals surface area contributed by atoms with Crippen molar-refractivity contribution in [2.75, 3.05) is 0 Å². The number of halogens is 2. The zero-order valence-corrected chi connectivity index (χ0v) is 24.2. The van der Waals surface area contributed by atoms with E-state index in [1.54, 1.807) is 0 Å². The number of fused-ring (bicyclic) bond motifs is 2. The SMILES string of the molecule is C1=CC2CC(c3ccccc3)CC2C=C1.C=CCCC1CCC2C=CC=CC21.[CH3-].[CH3-].[Cl][Zr+2][Cl]. The van der Waals surface area contributed by atoms with Gasteiger partial charge in [0.15, 0.2) is 0 Å². The van der Waals surface area contributed by atoms with Gasteiger partial charge < -0.3 is 14.9 Å². The molecule has 0 heterocycles. The van der Waals surface area contributed by atoms with Crippen molar-refractivity contribution in [3.8, 4) is 0 Å². The van der Waals surface area contributed by atoms with Gasteiger partial charge in [-0.05, 0) is 79.6 Å². The van der Waals surface area contributed by atoms with E-state index in [1.165, 1.54) is 44.1 Å². The van der Waals surface area contributed by atoms with Gasteiger partial charge in [-0.15, -0.1) is 6.58 Å². The van der Waals surface area contributed by atoms with E-state index in [-0.39, 0.29) is 14.9 Å². The van der Waals surface area contributed by atoms with Crippen molar-refractivity contribution < 1.29 is 20.8 Å². The van der Waals surface area contributed by atoms with Crippen LogP contribution in [-0.2, 0) is 20.8 Å². The number of benzene rings is 1. The van der Waals surface area contributed by atoms with Gasteiger partial charge in [0, 0.05) is 0 Å². The van der Waals surface area contributed by atoms with Crippen LogP contribution in [0.25, 0.3) is 0 Å². The fourth-order valence-corrected chi connectivity index (χ4v) is 5.69. The van der Waals surface area contributed by atoms with Crippen molar-refractivity contribution >= 4 is 17.0 Å². The minimum absolute atomic E-state index is 0. The first kappa shape index (κ1) is 30.4. The molecule has 0 nitrogen and oxygen atoms in total. The molecule has 4 aliphatic carbocycles. The zero-order chi connectivity index (χ0) is 21.9. The Labute approximate surface area is 222 Å². The van der Waals surface area contributed by atoms with Gasteiger partial charge in [-0.1, -0.05) is 85.0 Å². The van der Waals surface area contributed by atoms with Crippen molar-refractivity contribution in [3.63, 3.8) is 0 Å². The van der Waals surface area contributed by atoms with E-state index in [4.69, 9.17) is 17.0 Å². The quantitative estimate of drug-likeness (QED) is 0.253. The molecular weight excluding hydrogens is 522 g/mol. The zero-order valence-electron chi connectivity index (χ0n) is 20.3. The second-order valence-corrected chi connectivity index (χ2v) is 12.7. The molecule has 1 aromatic rings. The van der Waals surface area contributed by atoms with Gasteiger partial charge in [0.25, 0.3) is 0 Å². The maximum atomic E-state index is 4.93. The van der Waals surface area contributed by atoms with Crippen LogP contribution in [-0.4, -0.2) is 0 Å². The first-order valence-electron chi connectivity index (χ1n) is 11.6. The second kappa shape index (κ2) is 16.9. The Morgan fingerprint density at radius 3 is 1.94 bits per heavy atom. The van der Waals surface area contributed by atoms with Crippen LogP contribution in [0.5, 0.6) is 0 Å². The summed E-state index contributed by atoms with van der Waals surface area (Å²) in [6.45, 7) is 3.79. The van der Waals surface area contributed by atoms with E-state index in [2.05, 4.69) is 91.6 Å². The molecule has 178 valence electrons. The van der Waals surface area contributed by atoms with Crippen LogP contribution in [0.3, 0.4) is 0 Å². The Balaban J connectivity index is 0.000000282. The summed E-state index contributed by atoms with van der Waals surface area (Å²) in [5.41, 5.74) is 1.52. The summed E-state index contributed by atoms with van der Waals surface area (Å²) in [6.07, 6.45) is 28.4. The van der Waals surface area contributed by atoms with E-state index in [0.29, 0.717) is 0 Å². The summed E-state index contributed by atoms with van der Waals surface area (Å²) in [7, 11) is 9.87.